The van der Waals surface area contributed by atoms with Gasteiger partial charge in [0, 0.05) is 18.4 Å². The molecule has 0 saturated heterocycles. The minimum atomic E-state index is -3.33. The number of rotatable bonds is 5. The van der Waals surface area contributed by atoms with Crippen LogP contribution in [-0.4, -0.2) is 34.9 Å². The lowest BCUT2D eigenvalue weighted by Gasteiger charge is -2.15. The second-order valence-electron chi connectivity index (χ2n) is 4.27. The van der Waals surface area contributed by atoms with Crippen molar-refractivity contribution in [3.05, 3.63) is 17.7 Å². The fourth-order valence-corrected chi connectivity index (χ4v) is 2.69. The molecule has 0 fully saturated rings. The van der Waals surface area contributed by atoms with Gasteiger partial charge in [-0.25, -0.2) is 8.42 Å². The molecule has 5 nitrogen and oxygen atoms in total. The van der Waals surface area contributed by atoms with E-state index < -0.39 is 9.84 Å². The molecule has 6 heteroatoms. The molecule has 0 spiro atoms. The summed E-state index contributed by atoms with van der Waals surface area (Å²) >= 11 is 0. The molecule has 0 aromatic heterocycles. The van der Waals surface area contributed by atoms with Crippen LogP contribution in [0.3, 0.4) is 0 Å². The first-order valence-electron chi connectivity index (χ1n) is 5.50. The van der Waals surface area contributed by atoms with Crippen LogP contribution in [0.5, 0.6) is 11.5 Å². The topological polar surface area (TPSA) is 78.6 Å². The minimum Gasteiger partial charge on any atom is -0.493 e. The van der Waals surface area contributed by atoms with Crippen molar-refractivity contribution in [2.24, 2.45) is 5.73 Å². The van der Waals surface area contributed by atoms with Crippen molar-refractivity contribution >= 4 is 9.84 Å². The lowest BCUT2D eigenvalue weighted by molar-refractivity contribution is 0.353. The largest absolute Gasteiger partial charge is 0.493 e. The SMILES string of the molecule is COc1cc(CC(C)N)c(S(C)(=O)=O)cc1OC. The van der Waals surface area contributed by atoms with E-state index in [0.717, 1.165) is 0 Å². The number of benzene rings is 1. The van der Waals surface area contributed by atoms with E-state index in [1.807, 2.05) is 6.92 Å². The third-order valence-electron chi connectivity index (χ3n) is 2.51. The molecule has 102 valence electrons. The van der Waals surface area contributed by atoms with E-state index in [9.17, 15) is 8.42 Å². The average Bonchev–Trinajstić information content (AvgIpc) is 2.26. The van der Waals surface area contributed by atoms with E-state index in [1.165, 1.54) is 26.5 Å². The first-order valence-corrected chi connectivity index (χ1v) is 7.39. The smallest absolute Gasteiger partial charge is 0.175 e. The fourth-order valence-electron chi connectivity index (χ4n) is 1.75. The van der Waals surface area contributed by atoms with E-state index in [1.54, 1.807) is 6.07 Å². The molecule has 18 heavy (non-hydrogen) atoms. The van der Waals surface area contributed by atoms with Gasteiger partial charge in [0.05, 0.1) is 19.1 Å². The molecule has 1 aromatic carbocycles. The summed E-state index contributed by atoms with van der Waals surface area (Å²) in [6, 6.07) is 3.01. The summed E-state index contributed by atoms with van der Waals surface area (Å²) in [7, 11) is -0.353. The van der Waals surface area contributed by atoms with Gasteiger partial charge in [-0.3, -0.25) is 0 Å². The number of hydrogen-bond acceptors (Lipinski definition) is 5. The van der Waals surface area contributed by atoms with Crippen molar-refractivity contribution in [2.75, 3.05) is 20.5 Å². The number of nitrogens with two attached hydrogens (primary N) is 1. The third kappa shape index (κ3) is 3.36. The number of hydrogen-bond donors (Lipinski definition) is 1. The second-order valence-corrected chi connectivity index (χ2v) is 6.25. The predicted octanol–water partition coefficient (Wildman–Crippen LogP) is 0.997. The van der Waals surface area contributed by atoms with Gasteiger partial charge in [-0.1, -0.05) is 0 Å². The lowest BCUT2D eigenvalue weighted by Crippen LogP contribution is -2.19. The Labute approximate surface area is 108 Å². The molecular weight excluding hydrogens is 254 g/mol. The summed E-state index contributed by atoms with van der Waals surface area (Å²) in [5.74, 6) is 0.895. The van der Waals surface area contributed by atoms with Crippen LogP contribution in [0.25, 0.3) is 0 Å². The predicted molar refractivity (Wildman–Crippen MR) is 70.0 cm³/mol. The molecule has 1 atom stereocenters. The zero-order chi connectivity index (χ0) is 13.9. The van der Waals surface area contributed by atoms with Crippen LogP contribution >= 0.6 is 0 Å². The highest BCUT2D eigenvalue weighted by Gasteiger charge is 2.18. The Morgan fingerprint density at radius 3 is 2.11 bits per heavy atom. The van der Waals surface area contributed by atoms with Crippen molar-refractivity contribution in [3.8, 4) is 11.5 Å². The highest BCUT2D eigenvalue weighted by atomic mass is 32.2. The van der Waals surface area contributed by atoms with Crippen molar-refractivity contribution in [1.82, 2.24) is 0 Å². The van der Waals surface area contributed by atoms with Gasteiger partial charge in [-0.05, 0) is 25.0 Å². The molecule has 0 aliphatic rings. The monoisotopic (exact) mass is 273 g/mol. The molecule has 0 saturated carbocycles. The van der Waals surface area contributed by atoms with Crippen LogP contribution in [0.1, 0.15) is 12.5 Å². The van der Waals surface area contributed by atoms with Crippen molar-refractivity contribution in [1.29, 1.82) is 0 Å². The quantitative estimate of drug-likeness (QED) is 0.865. The zero-order valence-corrected chi connectivity index (χ0v) is 11.9. The maximum atomic E-state index is 11.8. The Balaban J connectivity index is 3.46. The maximum absolute atomic E-state index is 11.8. The van der Waals surface area contributed by atoms with Crippen LogP contribution < -0.4 is 15.2 Å². The fraction of sp³-hybridized carbons (Fsp3) is 0.500. The van der Waals surface area contributed by atoms with E-state index in [4.69, 9.17) is 15.2 Å². The standard InChI is InChI=1S/C12H19NO4S/c1-8(13)5-9-6-10(16-2)11(17-3)7-12(9)18(4,14)15/h6-8H,5,13H2,1-4H3. The van der Waals surface area contributed by atoms with E-state index in [0.29, 0.717) is 23.5 Å². The molecule has 1 unspecified atom stereocenters. The van der Waals surface area contributed by atoms with Crippen LogP contribution in [0, 0.1) is 0 Å². The van der Waals surface area contributed by atoms with Gasteiger partial charge in [0.1, 0.15) is 0 Å². The average molecular weight is 273 g/mol. The van der Waals surface area contributed by atoms with E-state index in [2.05, 4.69) is 0 Å². The number of sulfone groups is 1. The summed E-state index contributed by atoms with van der Waals surface area (Å²) in [5.41, 5.74) is 6.38. The summed E-state index contributed by atoms with van der Waals surface area (Å²) in [6.45, 7) is 1.82. The maximum Gasteiger partial charge on any atom is 0.175 e. The molecular formula is C12H19NO4S. The molecule has 0 aliphatic heterocycles. The highest BCUT2D eigenvalue weighted by Crippen LogP contribution is 2.33. The summed E-state index contributed by atoms with van der Waals surface area (Å²) in [6.07, 6.45) is 1.63. The third-order valence-corrected chi connectivity index (χ3v) is 3.69. The number of methoxy groups -OCH3 is 2. The first-order chi connectivity index (χ1) is 8.29. The van der Waals surface area contributed by atoms with Gasteiger partial charge in [0.15, 0.2) is 21.3 Å². The van der Waals surface area contributed by atoms with Gasteiger partial charge in [-0.15, -0.1) is 0 Å². The van der Waals surface area contributed by atoms with Gasteiger partial charge in [0.25, 0.3) is 0 Å². The number of ether oxygens (including phenoxy) is 2. The molecule has 0 heterocycles. The van der Waals surface area contributed by atoms with Crippen molar-refractivity contribution in [3.63, 3.8) is 0 Å². The van der Waals surface area contributed by atoms with Gasteiger partial charge < -0.3 is 15.2 Å². The van der Waals surface area contributed by atoms with E-state index >= 15 is 0 Å². The van der Waals surface area contributed by atoms with Crippen molar-refractivity contribution in [2.45, 2.75) is 24.3 Å². The Morgan fingerprint density at radius 1 is 1.22 bits per heavy atom. The van der Waals surface area contributed by atoms with Crippen LogP contribution in [0.2, 0.25) is 0 Å². The van der Waals surface area contributed by atoms with Crippen molar-refractivity contribution < 1.29 is 17.9 Å². The normalized spacial score (nSPS) is 13.2. The highest BCUT2D eigenvalue weighted by molar-refractivity contribution is 7.90. The molecule has 1 aromatic rings. The lowest BCUT2D eigenvalue weighted by atomic mass is 10.1. The molecule has 0 aliphatic carbocycles. The van der Waals surface area contributed by atoms with Gasteiger partial charge in [-0.2, -0.15) is 0 Å². The van der Waals surface area contributed by atoms with Gasteiger partial charge in [0.2, 0.25) is 0 Å². The molecule has 0 radical (unpaired) electrons. The molecule has 0 amide bonds. The van der Waals surface area contributed by atoms with E-state index in [-0.39, 0.29) is 10.9 Å². The van der Waals surface area contributed by atoms with Gasteiger partial charge >= 0.3 is 0 Å². The summed E-state index contributed by atoms with van der Waals surface area (Å²) in [4.78, 5) is 0.234. The summed E-state index contributed by atoms with van der Waals surface area (Å²) < 4.78 is 33.8. The second kappa shape index (κ2) is 5.58. The molecule has 2 N–H and O–H groups in total. The van der Waals surface area contributed by atoms with Crippen LogP contribution in [-0.2, 0) is 16.3 Å². The Kier molecular flexibility index (Phi) is 4.59. The first kappa shape index (κ1) is 14.8. The Hall–Kier alpha value is -1.27. The molecule has 0 bridgehead atoms. The minimum absolute atomic E-state index is 0.136. The zero-order valence-electron chi connectivity index (χ0n) is 11.1. The summed E-state index contributed by atoms with van der Waals surface area (Å²) in [5, 5.41) is 0. The van der Waals surface area contributed by atoms with Crippen LogP contribution in [0.4, 0.5) is 0 Å². The Morgan fingerprint density at radius 2 is 1.72 bits per heavy atom. The van der Waals surface area contributed by atoms with Crippen LogP contribution in [0.15, 0.2) is 17.0 Å². The molecule has 1 rings (SSSR count). The Bertz CT molecular complexity index is 523.